The Labute approximate surface area is 146 Å². The molecule has 2 radical (unpaired) electrons. The van der Waals surface area contributed by atoms with Crippen molar-refractivity contribution in [2.45, 2.75) is 13.3 Å². The number of hydrogen-bond donors (Lipinski definition) is 0. The third-order valence-electron chi connectivity index (χ3n) is 5.19. The molecule has 1 aliphatic heterocycles. The lowest BCUT2D eigenvalue weighted by molar-refractivity contribution is 0.257. The van der Waals surface area contributed by atoms with Crippen LogP contribution in [0.4, 0.5) is 14.7 Å². The molecule has 7 heteroatoms. The number of fused-ring (bicyclic) bond motifs is 1. The molecule has 2 atom stereocenters. The number of aryl methyl sites for hydroxylation is 1. The van der Waals surface area contributed by atoms with E-state index in [1.807, 2.05) is 12.4 Å². The van der Waals surface area contributed by atoms with Gasteiger partial charge in [-0.1, -0.05) is 12.4 Å². The molecule has 0 N–H and O–H groups in total. The standard InChI is InChI=1S/C18H18BF2N3O/c1-2-10-5-22-18(23-6-10)24-7-12-13(8-24)14(12)9-25-17-15(20)3-11(19)4-16(17)21/h3-6,12-14H,2,7-9H2,1H3. The summed E-state index contributed by atoms with van der Waals surface area (Å²) < 4.78 is 32.9. The second kappa shape index (κ2) is 6.28. The van der Waals surface area contributed by atoms with E-state index in [-0.39, 0.29) is 11.2 Å². The first kappa shape index (κ1) is 16.3. The molecule has 1 saturated carbocycles. The van der Waals surface area contributed by atoms with Gasteiger partial charge in [-0.25, -0.2) is 18.7 Å². The number of benzene rings is 1. The van der Waals surface area contributed by atoms with Crippen LogP contribution < -0.4 is 15.1 Å². The normalized spacial score (nSPS) is 24.3. The lowest BCUT2D eigenvalue weighted by Crippen LogP contribution is -2.27. The fraction of sp³-hybridized carbons (Fsp3) is 0.444. The van der Waals surface area contributed by atoms with Gasteiger partial charge in [-0.2, -0.15) is 0 Å². The SMILES string of the molecule is [B]c1cc(F)c(OCC2C3CN(c4ncc(CC)cn4)CC23)c(F)c1. The van der Waals surface area contributed by atoms with Crippen LogP contribution in [-0.4, -0.2) is 37.5 Å². The number of hydrogen-bond acceptors (Lipinski definition) is 4. The van der Waals surface area contributed by atoms with Crippen LogP contribution in [0.1, 0.15) is 12.5 Å². The number of piperidine rings is 1. The van der Waals surface area contributed by atoms with Gasteiger partial charge in [0.25, 0.3) is 0 Å². The van der Waals surface area contributed by atoms with E-state index in [0.29, 0.717) is 24.4 Å². The molecular weight excluding hydrogens is 323 g/mol. The first-order valence-corrected chi connectivity index (χ1v) is 8.50. The molecule has 0 amide bonds. The van der Waals surface area contributed by atoms with E-state index in [0.717, 1.165) is 43.2 Å². The van der Waals surface area contributed by atoms with Crippen molar-refractivity contribution < 1.29 is 13.5 Å². The molecule has 2 fully saturated rings. The minimum atomic E-state index is -0.755. The summed E-state index contributed by atoms with van der Waals surface area (Å²) in [7, 11) is 5.41. The summed E-state index contributed by atoms with van der Waals surface area (Å²) in [5.74, 6) is 0.157. The molecule has 0 bridgehead atoms. The number of ether oxygens (including phenoxy) is 1. The van der Waals surface area contributed by atoms with Crippen molar-refractivity contribution in [1.82, 2.24) is 9.97 Å². The van der Waals surface area contributed by atoms with Gasteiger partial charge in [0.2, 0.25) is 5.95 Å². The van der Waals surface area contributed by atoms with Gasteiger partial charge < -0.3 is 9.64 Å². The molecule has 2 unspecified atom stereocenters. The fourth-order valence-electron chi connectivity index (χ4n) is 3.65. The zero-order chi connectivity index (χ0) is 17.6. The van der Waals surface area contributed by atoms with E-state index in [1.165, 1.54) is 0 Å². The lowest BCUT2D eigenvalue weighted by atomic mass is 9.96. The predicted octanol–water partition coefficient (Wildman–Crippen LogP) is 1.87. The van der Waals surface area contributed by atoms with E-state index < -0.39 is 11.6 Å². The average Bonchev–Trinajstić information content (AvgIpc) is 3.04. The van der Waals surface area contributed by atoms with Crippen molar-refractivity contribution in [1.29, 1.82) is 0 Å². The third kappa shape index (κ3) is 3.07. The van der Waals surface area contributed by atoms with E-state index in [2.05, 4.69) is 21.8 Å². The minimum absolute atomic E-state index is 0.0513. The molecule has 1 aliphatic carbocycles. The molecule has 1 aromatic carbocycles. The maximum atomic E-state index is 13.7. The Bertz CT molecular complexity index is 751. The molecule has 25 heavy (non-hydrogen) atoms. The second-order valence-corrected chi connectivity index (χ2v) is 6.77. The molecule has 128 valence electrons. The molecule has 4 nitrogen and oxygen atoms in total. The molecule has 2 heterocycles. The quantitative estimate of drug-likeness (QED) is 0.779. The van der Waals surface area contributed by atoms with Crippen LogP contribution in [-0.2, 0) is 6.42 Å². The highest BCUT2D eigenvalue weighted by Crippen LogP contribution is 2.52. The average molecular weight is 341 g/mol. The van der Waals surface area contributed by atoms with Crippen LogP contribution in [0.2, 0.25) is 0 Å². The Kier molecular flexibility index (Phi) is 4.09. The number of halogens is 2. The van der Waals surface area contributed by atoms with Crippen molar-refractivity contribution in [2.75, 3.05) is 24.6 Å². The Morgan fingerprint density at radius 1 is 1.16 bits per heavy atom. The van der Waals surface area contributed by atoms with Gasteiger partial charge in [0, 0.05) is 31.4 Å². The number of anilines is 1. The zero-order valence-electron chi connectivity index (χ0n) is 14.0. The Morgan fingerprint density at radius 2 is 1.76 bits per heavy atom. The maximum absolute atomic E-state index is 13.7. The highest BCUT2D eigenvalue weighted by atomic mass is 19.1. The summed E-state index contributed by atoms with van der Waals surface area (Å²) in [6.07, 6.45) is 4.64. The summed E-state index contributed by atoms with van der Waals surface area (Å²) in [6.45, 7) is 4.10. The van der Waals surface area contributed by atoms with Crippen molar-refractivity contribution >= 4 is 19.3 Å². The maximum Gasteiger partial charge on any atom is 0.225 e. The monoisotopic (exact) mass is 341 g/mol. The largest absolute Gasteiger partial charge is 0.487 e. The van der Waals surface area contributed by atoms with Crippen LogP contribution in [0.3, 0.4) is 0 Å². The van der Waals surface area contributed by atoms with E-state index in [1.54, 1.807) is 0 Å². The topological polar surface area (TPSA) is 38.2 Å². The summed E-state index contributed by atoms with van der Waals surface area (Å²) in [6, 6.07) is 2.15. The second-order valence-electron chi connectivity index (χ2n) is 6.77. The van der Waals surface area contributed by atoms with Gasteiger partial charge in [0.15, 0.2) is 17.4 Å². The van der Waals surface area contributed by atoms with E-state index in [4.69, 9.17) is 12.6 Å². The van der Waals surface area contributed by atoms with Gasteiger partial charge in [0.1, 0.15) is 7.85 Å². The van der Waals surface area contributed by atoms with Crippen LogP contribution in [0.25, 0.3) is 0 Å². The van der Waals surface area contributed by atoms with E-state index >= 15 is 0 Å². The van der Waals surface area contributed by atoms with Crippen molar-refractivity contribution in [2.24, 2.45) is 17.8 Å². The number of rotatable bonds is 5. The van der Waals surface area contributed by atoms with Crippen LogP contribution in [0.15, 0.2) is 24.5 Å². The fourth-order valence-corrected chi connectivity index (χ4v) is 3.65. The molecule has 2 aliphatic rings. The summed E-state index contributed by atoms with van der Waals surface area (Å²) in [4.78, 5) is 11.0. The third-order valence-corrected chi connectivity index (χ3v) is 5.19. The first-order valence-electron chi connectivity index (χ1n) is 8.50. The highest BCUT2D eigenvalue weighted by Gasteiger charge is 2.56. The van der Waals surface area contributed by atoms with Gasteiger partial charge in [0.05, 0.1) is 6.61 Å². The van der Waals surface area contributed by atoms with Crippen LogP contribution >= 0.6 is 0 Å². The Morgan fingerprint density at radius 3 is 2.32 bits per heavy atom. The number of aromatic nitrogens is 2. The zero-order valence-corrected chi connectivity index (χ0v) is 14.0. The van der Waals surface area contributed by atoms with Crippen LogP contribution in [0, 0.1) is 29.4 Å². The van der Waals surface area contributed by atoms with Crippen molar-refractivity contribution in [3.05, 3.63) is 41.7 Å². The van der Waals surface area contributed by atoms with E-state index in [9.17, 15) is 8.78 Å². The summed E-state index contributed by atoms with van der Waals surface area (Å²) >= 11 is 0. The molecule has 2 aromatic rings. The van der Waals surface area contributed by atoms with Gasteiger partial charge in [-0.15, -0.1) is 0 Å². The summed E-state index contributed by atoms with van der Waals surface area (Å²) in [5.41, 5.74) is 1.17. The highest BCUT2D eigenvalue weighted by molar-refractivity contribution is 6.32. The van der Waals surface area contributed by atoms with Gasteiger partial charge in [-0.3, -0.25) is 0 Å². The Balaban J connectivity index is 1.33. The van der Waals surface area contributed by atoms with Gasteiger partial charge in [-0.05, 0) is 36.0 Å². The molecule has 0 spiro atoms. The van der Waals surface area contributed by atoms with Crippen molar-refractivity contribution in [3.63, 3.8) is 0 Å². The molecular formula is C18H18BF2N3O. The lowest BCUT2D eigenvalue weighted by Gasteiger charge is -2.20. The van der Waals surface area contributed by atoms with Gasteiger partial charge >= 0.3 is 0 Å². The molecule has 4 rings (SSSR count). The smallest absolute Gasteiger partial charge is 0.225 e. The molecule has 1 aromatic heterocycles. The molecule has 1 saturated heterocycles. The predicted molar refractivity (Wildman–Crippen MR) is 91.3 cm³/mol. The summed E-state index contributed by atoms with van der Waals surface area (Å²) in [5, 5.41) is 0. The van der Waals surface area contributed by atoms with Crippen LogP contribution in [0.5, 0.6) is 5.75 Å². The first-order chi connectivity index (χ1) is 12.1. The minimum Gasteiger partial charge on any atom is -0.487 e. The number of nitrogens with zero attached hydrogens (tertiary/aromatic N) is 3. The Hall–Kier alpha value is -2.18. The van der Waals surface area contributed by atoms with Crippen molar-refractivity contribution in [3.8, 4) is 5.75 Å².